The molecule has 24 heavy (non-hydrogen) atoms. The van der Waals surface area contributed by atoms with E-state index in [9.17, 15) is 4.39 Å². The van der Waals surface area contributed by atoms with Crippen molar-refractivity contribution in [1.29, 1.82) is 0 Å². The van der Waals surface area contributed by atoms with E-state index < -0.39 is 0 Å². The van der Waals surface area contributed by atoms with Gasteiger partial charge in [0.25, 0.3) is 0 Å². The molecule has 1 aromatic heterocycles. The molecule has 0 N–H and O–H groups in total. The lowest BCUT2D eigenvalue weighted by atomic mass is 10.1. The maximum Gasteiger partial charge on any atom is 0.127 e. The summed E-state index contributed by atoms with van der Waals surface area (Å²) in [5.41, 5.74) is 3.22. The van der Waals surface area contributed by atoms with Crippen LogP contribution in [-0.2, 0) is 19.5 Å². The lowest BCUT2D eigenvalue weighted by molar-refractivity contribution is 0.256. The molecule has 2 aromatic carbocycles. The average molecular weight is 320 g/mol. The Labute approximate surface area is 142 Å². The maximum atomic E-state index is 14.0. The molecular formula is C21H21FN2. The third kappa shape index (κ3) is 4.74. The van der Waals surface area contributed by atoms with Crippen LogP contribution in [0.15, 0.2) is 79.1 Å². The Bertz CT molecular complexity index is 744. The number of pyridine rings is 1. The van der Waals surface area contributed by atoms with Gasteiger partial charge in [-0.2, -0.15) is 0 Å². The number of nitrogens with zero attached hydrogens (tertiary/aromatic N) is 2. The van der Waals surface area contributed by atoms with Crippen molar-refractivity contribution in [3.63, 3.8) is 0 Å². The summed E-state index contributed by atoms with van der Waals surface area (Å²) in [5.74, 6) is -0.142. The van der Waals surface area contributed by atoms with E-state index in [4.69, 9.17) is 0 Å². The van der Waals surface area contributed by atoms with E-state index in [1.54, 1.807) is 18.5 Å². The first-order valence-corrected chi connectivity index (χ1v) is 8.20. The molecule has 3 aromatic rings. The van der Waals surface area contributed by atoms with Gasteiger partial charge in [-0.05, 0) is 35.7 Å². The SMILES string of the molecule is Fc1ccccc1CN(CCc1ccccc1)Cc1ccncc1. The lowest BCUT2D eigenvalue weighted by Gasteiger charge is -2.23. The monoisotopic (exact) mass is 320 g/mol. The third-order valence-electron chi connectivity index (χ3n) is 4.07. The number of hydrogen-bond acceptors (Lipinski definition) is 2. The predicted molar refractivity (Wildman–Crippen MR) is 94.9 cm³/mol. The first-order valence-electron chi connectivity index (χ1n) is 8.20. The van der Waals surface area contributed by atoms with Crippen molar-refractivity contribution in [2.45, 2.75) is 19.5 Å². The van der Waals surface area contributed by atoms with Gasteiger partial charge in [0.2, 0.25) is 0 Å². The van der Waals surface area contributed by atoms with Gasteiger partial charge in [0, 0.05) is 37.6 Å². The van der Waals surface area contributed by atoms with E-state index in [0.717, 1.165) is 25.1 Å². The van der Waals surface area contributed by atoms with Crippen molar-refractivity contribution in [3.05, 3.63) is 102 Å². The molecule has 2 nitrogen and oxygen atoms in total. The smallest absolute Gasteiger partial charge is 0.127 e. The van der Waals surface area contributed by atoms with E-state index >= 15 is 0 Å². The molecule has 0 aliphatic rings. The molecule has 0 radical (unpaired) electrons. The highest BCUT2D eigenvalue weighted by Crippen LogP contribution is 2.14. The minimum Gasteiger partial charge on any atom is -0.294 e. The van der Waals surface area contributed by atoms with Crippen LogP contribution in [0.5, 0.6) is 0 Å². The largest absolute Gasteiger partial charge is 0.294 e. The molecule has 0 aliphatic heterocycles. The van der Waals surface area contributed by atoms with Crippen LogP contribution in [0.25, 0.3) is 0 Å². The van der Waals surface area contributed by atoms with Crippen molar-refractivity contribution < 1.29 is 4.39 Å². The van der Waals surface area contributed by atoms with Crippen LogP contribution in [-0.4, -0.2) is 16.4 Å². The van der Waals surface area contributed by atoms with Gasteiger partial charge in [0.1, 0.15) is 5.82 Å². The zero-order valence-corrected chi connectivity index (χ0v) is 13.6. The molecular weight excluding hydrogens is 299 g/mol. The van der Waals surface area contributed by atoms with E-state index in [0.29, 0.717) is 6.54 Å². The Hall–Kier alpha value is -2.52. The number of benzene rings is 2. The summed E-state index contributed by atoms with van der Waals surface area (Å²) in [4.78, 5) is 6.34. The molecule has 0 atom stereocenters. The zero-order valence-electron chi connectivity index (χ0n) is 13.6. The van der Waals surface area contributed by atoms with Gasteiger partial charge in [-0.1, -0.05) is 48.5 Å². The lowest BCUT2D eigenvalue weighted by Crippen LogP contribution is -2.25. The summed E-state index contributed by atoms with van der Waals surface area (Å²) >= 11 is 0. The fourth-order valence-corrected chi connectivity index (χ4v) is 2.76. The fourth-order valence-electron chi connectivity index (χ4n) is 2.76. The Kier molecular flexibility index (Phi) is 5.70. The summed E-state index contributed by atoms with van der Waals surface area (Å²) < 4.78 is 14.0. The highest BCUT2D eigenvalue weighted by atomic mass is 19.1. The Balaban J connectivity index is 1.71. The Morgan fingerprint density at radius 2 is 1.46 bits per heavy atom. The molecule has 3 rings (SSSR count). The summed E-state index contributed by atoms with van der Waals surface area (Å²) in [7, 11) is 0. The summed E-state index contributed by atoms with van der Waals surface area (Å²) in [6, 6.07) is 21.4. The molecule has 1 heterocycles. The highest BCUT2D eigenvalue weighted by molar-refractivity contribution is 5.19. The minimum absolute atomic E-state index is 0.142. The van der Waals surface area contributed by atoms with Crippen LogP contribution in [0.2, 0.25) is 0 Å². The van der Waals surface area contributed by atoms with Crippen LogP contribution in [0.3, 0.4) is 0 Å². The quantitative estimate of drug-likeness (QED) is 0.639. The molecule has 0 fully saturated rings. The van der Waals surface area contributed by atoms with Gasteiger partial charge in [-0.25, -0.2) is 4.39 Å². The van der Waals surface area contributed by atoms with Gasteiger partial charge in [-0.15, -0.1) is 0 Å². The Morgan fingerprint density at radius 1 is 0.750 bits per heavy atom. The van der Waals surface area contributed by atoms with Crippen molar-refractivity contribution in [3.8, 4) is 0 Å². The molecule has 3 heteroatoms. The molecule has 0 saturated heterocycles. The molecule has 122 valence electrons. The van der Waals surface area contributed by atoms with Crippen LogP contribution >= 0.6 is 0 Å². The second kappa shape index (κ2) is 8.37. The number of hydrogen-bond donors (Lipinski definition) is 0. The molecule has 0 saturated carbocycles. The topological polar surface area (TPSA) is 16.1 Å². The van der Waals surface area contributed by atoms with Crippen LogP contribution < -0.4 is 0 Å². The molecule has 0 bridgehead atoms. The summed E-state index contributed by atoms with van der Waals surface area (Å²) in [5, 5.41) is 0. The van der Waals surface area contributed by atoms with Gasteiger partial charge < -0.3 is 0 Å². The van der Waals surface area contributed by atoms with Crippen molar-refractivity contribution in [2.75, 3.05) is 6.54 Å². The van der Waals surface area contributed by atoms with Gasteiger partial charge >= 0.3 is 0 Å². The van der Waals surface area contributed by atoms with Crippen LogP contribution in [0, 0.1) is 5.82 Å². The standard InChI is InChI=1S/C21H21FN2/c22-21-9-5-4-8-20(21)17-24(16-19-10-13-23-14-11-19)15-12-18-6-2-1-3-7-18/h1-11,13-14H,12,15-17H2. The minimum atomic E-state index is -0.142. The first-order chi connectivity index (χ1) is 11.8. The molecule has 0 aliphatic carbocycles. The van der Waals surface area contributed by atoms with Crippen molar-refractivity contribution in [1.82, 2.24) is 9.88 Å². The van der Waals surface area contributed by atoms with Crippen molar-refractivity contribution >= 4 is 0 Å². The fraction of sp³-hybridized carbons (Fsp3) is 0.190. The van der Waals surface area contributed by atoms with Crippen LogP contribution in [0.1, 0.15) is 16.7 Å². The second-order valence-electron chi connectivity index (χ2n) is 5.89. The highest BCUT2D eigenvalue weighted by Gasteiger charge is 2.10. The van der Waals surface area contributed by atoms with E-state index in [1.807, 2.05) is 30.3 Å². The van der Waals surface area contributed by atoms with Gasteiger partial charge in [-0.3, -0.25) is 9.88 Å². The normalized spacial score (nSPS) is 10.9. The second-order valence-corrected chi connectivity index (χ2v) is 5.89. The molecule has 0 unspecified atom stereocenters. The number of aromatic nitrogens is 1. The Morgan fingerprint density at radius 3 is 2.21 bits per heavy atom. The average Bonchev–Trinajstić information content (AvgIpc) is 2.63. The summed E-state index contributed by atoms with van der Waals surface area (Å²) in [6.07, 6.45) is 4.54. The summed E-state index contributed by atoms with van der Waals surface area (Å²) in [6.45, 7) is 2.26. The zero-order chi connectivity index (χ0) is 16.6. The van der Waals surface area contributed by atoms with E-state index in [2.05, 4.69) is 34.1 Å². The van der Waals surface area contributed by atoms with E-state index in [-0.39, 0.29) is 5.82 Å². The maximum absolute atomic E-state index is 14.0. The molecule has 0 amide bonds. The van der Waals surface area contributed by atoms with Crippen LogP contribution in [0.4, 0.5) is 4.39 Å². The number of rotatable bonds is 7. The van der Waals surface area contributed by atoms with Crippen molar-refractivity contribution in [2.24, 2.45) is 0 Å². The van der Waals surface area contributed by atoms with E-state index in [1.165, 1.54) is 17.2 Å². The van der Waals surface area contributed by atoms with Gasteiger partial charge in [0.05, 0.1) is 0 Å². The first kappa shape index (κ1) is 16.3. The predicted octanol–water partition coefficient (Wildman–Crippen LogP) is 4.47. The third-order valence-corrected chi connectivity index (χ3v) is 4.07. The number of halogens is 1. The molecule has 0 spiro atoms. The van der Waals surface area contributed by atoms with Gasteiger partial charge in [0.15, 0.2) is 0 Å².